The number of hydrogen-bond donors (Lipinski definition) is 0. The van der Waals surface area contributed by atoms with Crippen molar-refractivity contribution in [1.82, 2.24) is 9.21 Å². The number of carbonyl (C=O) groups excluding carboxylic acids is 1. The number of rotatable bonds is 2. The lowest BCUT2D eigenvalue weighted by molar-refractivity contribution is -0.127. The van der Waals surface area contributed by atoms with Crippen molar-refractivity contribution >= 4 is 15.9 Å². The molecule has 1 aliphatic heterocycles. The van der Waals surface area contributed by atoms with Gasteiger partial charge in [0.2, 0.25) is 15.9 Å². The fourth-order valence-corrected chi connectivity index (χ4v) is 2.15. The van der Waals surface area contributed by atoms with Crippen LogP contribution in [0.5, 0.6) is 0 Å². The van der Waals surface area contributed by atoms with Crippen molar-refractivity contribution in [2.75, 3.05) is 19.5 Å². The lowest BCUT2D eigenvalue weighted by Gasteiger charge is -2.15. The van der Waals surface area contributed by atoms with Crippen LogP contribution in [0.15, 0.2) is 0 Å². The third-order valence-electron chi connectivity index (χ3n) is 2.40. The van der Waals surface area contributed by atoms with Gasteiger partial charge in [0, 0.05) is 6.04 Å². The highest BCUT2D eigenvalue weighted by Gasteiger charge is 2.40. The average molecular weight is 204 g/mol. The molecule has 0 unspecified atom stereocenters. The first kappa shape index (κ1) is 8.96. The molecule has 2 fully saturated rings. The van der Waals surface area contributed by atoms with Crippen LogP contribution in [0.4, 0.5) is 0 Å². The SMILES string of the molecule is CS(=O)(=O)N1CC(=O)N(C2CC2)C1. The van der Waals surface area contributed by atoms with E-state index in [-0.39, 0.29) is 19.1 Å². The summed E-state index contributed by atoms with van der Waals surface area (Å²) in [5.74, 6) is -0.0621. The molecule has 74 valence electrons. The van der Waals surface area contributed by atoms with E-state index in [1.54, 1.807) is 4.90 Å². The minimum absolute atomic E-state index is 0.0231. The van der Waals surface area contributed by atoms with Gasteiger partial charge in [-0.2, -0.15) is 4.31 Å². The predicted octanol–water partition coefficient (Wildman–Crippen LogP) is -0.790. The van der Waals surface area contributed by atoms with Crippen molar-refractivity contribution in [2.24, 2.45) is 0 Å². The van der Waals surface area contributed by atoms with Gasteiger partial charge in [-0.1, -0.05) is 0 Å². The molecule has 1 aliphatic carbocycles. The maximum atomic E-state index is 11.3. The van der Waals surface area contributed by atoms with Crippen LogP contribution in [0, 0.1) is 0 Å². The Balaban J connectivity index is 2.10. The molecule has 2 rings (SSSR count). The average Bonchev–Trinajstić information content (AvgIpc) is 2.73. The van der Waals surface area contributed by atoms with E-state index in [1.807, 2.05) is 0 Å². The highest BCUT2D eigenvalue weighted by Crippen LogP contribution is 2.29. The van der Waals surface area contributed by atoms with Crippen molar-refractivity contribution < 1.29 is 13.2 Å². The maximum Gasteiger partial charge on any atom is 0.239 e. The van der Waals surface area contributed by atoms with Gasteiger partial charge in [-0.25, -0.2) is 8.42 Å². The summed E-state index contributed by atoms with van der Waals surface area (Å²) >= 11 is 0. The molecule has 1 amide bonds. The van der Waals surface area contributed by atoms with E-state index in [0.29, 0.717) is 6.04 Å². The second-order valence-corrected chi connectivity index (χ2v) is 5.59. The molecule has 6 heteroatoms. The van der Waals surface area contributed by atoms with E-state index in [2.05, 4.69) is 0 Å². The van der Waals surface area contributed by atoms with Gasteiger partial charge in [-0.3, -0.25) is 4.79 Å². The first-order valence-electron chi connectivity index (χ1n) is 4.23. The summed E-state index contributed by atoms with van der Waals surface area (Å²) in [5, 5.41) is 0. The van der Waals surface area contributed by atoms with Crippen molar-refractivity contribution in [3.8, 4) is 0 Å². The Bertz CT molecular complexity index is 334. The van der Waals surface area contributed by atoms with E-state index >= 15 is 0 Å². The van der Waals surface area contributed by atoms with E-state index in [1.165, 1.54) is 4.31 Å². The Morgan fingerprint density at radius 3 is 2.38 bits per heavy atom. The van der Waals surface area contributed by atoms with Crippen molar-refractivity contribution in [3.05, 3.63) is 0 Å². The Morgan fingerprint density at radius 1 is 1.38 bits per heavy atom. The highest BCUT2D eigenvalue weighted by atomic mass is 32.2. The first-order chi connectivity index (χ1) is 5.98. The molecule has 1 saturated carbocycles. The Hall–Kier alpha value is -0.620. The standard InChI is InChI=1S/C7H12N2O3S/c1-13(11,12)8-4-7(10)9(5-8)6-2-3-6/h6H,2-5H2,1H3. The fourth-order valence-electron chi connectivity index (χ4n) is 1.47. The van der Waals surface area contributed by atoms with Gasteiger partial charge in [0.15, 0.2) is 0 Å². The summed E-state index contributed by atoms with van der Waals surface area (Å²) in [6.45, 7) is 0.275. The molecule has 0 aromatic rings. The lowest BCUT2D eigenvalue weighted by atomic mass is 10.5. The molecule has 5 nitrogen and oxygen atoms in total. The molecular formula is C7H12N2O3S. The molecule has 1 saturated heterocycles. The fraction of sp³-hybridized carbons (Fsp3) is 0.857. The zero-order chi connectivity index (χ0) is 9.64. The quantitative estimate of drug-likeness (QED) is 0.592. The largest absolute Gasteiger partial charge is 0.325 e. The third-order valence-corrected chi connectivity index (χ3v) is 3.58. The maximum absolute atomic E-state index is 11.3. The predicted molar refractivity (Wildman–Crippen MR) is 46.3 cm³/mol. The van der Waals surface area contributed by atoms with Gasteiger partial charge in [0.25, 0.3) is 0 Å². The van der Waals surface area contributed by atoms with Crippen molar-refractivity contribution in [1.29, 1.82) is 0 Å². The van der Waals surface area contributed by atoms with Gasteiger partial charge in [0.1, 0.15) is 0 Å². The van der Waals surface area contributed by atoms with Crippen LogP contribution in [0.2, 0.25) is 0 Å². The Morgan fingerprint density at radius 2 is 2.00 bits per heavy atom. The van der Waals surface area contributed by atoms with Gasteiger partial charge in [0.05, 0.1) is 19.5 Å². The molecule has 0 atom stereocenters. The summed E-state index contributed by atoms with van der Waals surface area (Å²) in [4.78, 5) is 13.0. The van der Waals surface area contributed by atoms with Crippen LogP contribution in [0.1, 0.15) is 12.8 Å². The van der Waals surface area contributed by atoms with E-state index in [4.69, 9.17) is 0 Å². The van der Waals surface area contributed by atoms with Crippen LogP contribution in [-0.2, 0) is 14.8 Å². The summed E-state index contributed by atoms with van der Waals surface area (Å²) in [6.07, 6.45) is 3.17. The van der Waals surface area contributed by atoms with Crippen LogP contribution < -0.4 is 0 Å². The van der Waals surface area contributed by atoms with Gasteiger partial charge < -0.3 is 4.90 Å². The highest BCUT2D eigenvalue weighted by molar-refractivity contribution is 7.88. The zero-order valence-corrected chi connectivity index (χ0v) is 8.25. The normalized spacial score (nSPS) is 25.6. The number of carbonyl (C=O) groups is 1. The summed E-state index contributed by atoms with van der Waals surface area (Å²) in [7, 11) is -3.20. The zero-order valence-electron chi connectivity index (χ0n) is 7.43. The molecule has 13 heavy (non-hydrogen) atoms. The summed E-state index contributed by atoms with van der Waals surface area (Å²) in [6, 6.07) is 0.305. The Labute approximate surface area is 77.4 Å². The van der Waals surface area contributed by atoms with E-state index in [0.717, 1.165) is 19.1 Å². The molecule has 0 bridgehead atoms. The van der Waals surface area contributed by atoms with Gasteiger partial charge >= 0.3 is 0 Å². The van der Waals surface area contributed by atoms with Crippen LogP contribution >= 0.6 is 0 Å². The molecule has 1 heterocycles. The number of amides is 1. The summed E-state index contributed by atoms with van der Waals surface area (Å²) < 4.78 is 23.4. The van der Waals surface area contributed by atoms with Crippen molar-refractivity contribution in [3.63, 3.8) is 0 Å². The monoisotopic (exact) mass is 204 g/mol. The lowest BCUT2D eigenvalue weighted by Crippen LogP contribution is -2.31. The first-order valence-corrected chi connectivity index (χ1v) is 6.08. The summed E-state index contributed by atoms with van der Waals surface area (Å²) in [5.41, 5.74) is 0. The second-order valence-electron chi connectivity index (χ2n) is 3.61. The third kappa shape index (κ3) is 1.68. The minimum Gasteiger partial charge on any atom is -0.325 e. The van der Waals surface area contributed by atoms with Crippen molar-refractivity contribution in [2.45, 2.75) is 18.9 Å². The van der Waals surface area contributed by atoms with Gasteiger partial charge in [-0.15, -0.1) is 0 Å². The molecule has 0 spiro atoms. The van der Waals surface area contributed by atoms with Gasteiger partial charge in [-0.05, 0) is 12.8 Å². The van der Waals surface area contributed by atoms with Crippen LogP contribution in [0.25, 0.3) is 0 Å². The smallest absolute Gasteiger partial charge is 0.239 e. The minimum atomic E-state index is -3.20. The number of sulfonamides is 1. The number of nitrogens with zero attached hydrogens (tertiary/aromatic N) is 2. The second kappa shape index (κ2) is 2.68. The van der Waals surface area contributed by atoms with E-state index in [9.17, 15) is 13.2 Å². The molecular weight excluding hydrogens is 192 g/mol. The van der Waals surface area contributed by atoms with E-state index < -0.39 is 10.0 Å². The number of hydrogen-bond acceptors (Lipinski definition) is 3. The van der Waals surface area contributed by atoms with Crippen LogP contribution in [-0.4, -0.2) is 49.0 Å². The van der Waals surface area contributed by atoms with Crippen LogP contribution in [0.3, 0.4) is 0 Å². The molecule has 0 aromatic carbocycles. The topological polar surface area (TPSA) is 57.7 Å². The Kier molecular flexibility index (Phi) is 1.85. The molecule has 0 aromatic heterocycles. The molecule has 0 radical (unpaired) electrons. The molecule has 2 aliphatic rings. The molecule has 0 N–H and O–H groups in total.